The largest absolute Gasteiger partial charge is 0.494 e. The Kier molecular flexibility index (Phi) is 9.84. The Balaban J connectivity index is 1.78. The molecule has 0 saturated heterocycles. The SMILES string of the molecule is CCOC(=O)CC(c1ccc(C)c(CN2C[C@@H](C)Cc3ccc(C(F)(F)F)cc3S2(=O)=O)c1)c1cc(N)c(NC)c(OC)c1. The number of hydrogen-bond acceptors (Lipinski definition) is 7. The van der Waals surface area contributed by atoms with E-state index in [4.69, 9.17) is 15.2 Å². The van der Waals surface area contributed by atoms with Gasteiger partial charge >= 0.3 is 12.1 Å². The second-order valence-corrected chi connectivity index (χ2v) is 13.0. The fraction of sp³-hybridized carbons (Fsp3) is 0.406. The Bertz CT molecular complexity index is 1640. The minimum atomic E-state index is -4.68. The molecule has 238 valence electrons. The van der Waals surface area contributed by atoms with Gasteiger partial charge in [-0.25, -0.2) is 8.42 Å². The molecular weight excluding hydrogens is 595 g/mol. The van der Waals surface area contributed by atoms with Crippen LogP contribution in [0.15, 0.2) is 53.4 Å². The van der Waals surface area contributed by atoms with Crippen LogP contribution in [0.2, 0.25) is 0 Å². The molecule has 0 bridgehead atoms. The van der Waals surface area contributed by atoms with Crippen molar-refractivity contribution in [3.05, 3.63) is 81.9 Å². The highest BCUT2D eigenvalue weighted by atomic mass is 32.2. The first kappa shape index (κ1) is 33.1. The summed E-state index contributed by atoms with van der Waals surface area (Å²) >= 11 is 0. The number of benzene rings is 3. The van der Waals surface area contributed by atoms with Crippen LogP contribution in [-0.4, -0.2) is 46.0 Å². The van der Waals surface area contributed by atoms with Crippen LogP contribution in [0, 0.1) is 12.8 Å². The number of carbonyl (C=O) groups excluding carboxylic acids is 1. The molecule has 12 heteroatoms. The van der Waals surface area contributed by atoms with E-state index in [0.29, 0.717) is 40.2 Å². The van der Waals surface area contributed by atoms with Gasteiger partial charge < -0.3 is 20.5 Å². The summed E-state index contributed by atoms with van der Waals surface area (Å²) in [6.07, 6.45) is -4.36. The van der Waals surface area contributed by atoms with Crippen molar-refractivity contribution < 1.29 is 35.9 Å². The summed E-state index contributed by atoms with van der Waals surface area (Å²) in [6.45, 7) is 5.72. The molecule has 0 fully saturated rings. The van der Waals surface area contributed by atoms with Crippen molar-refractivity contribution in [3.8, 4) is 5.75 Å². The first-order valence-corrected chi connectivity index (χ1v) is 15.7. The molecule has 1 unspecified atom stereocenters. The lowest BCUT2D eigenvalue weighted by Crippen LogP contribution is -2.33. The van der Waals surface area contributed by atoms with E-state index in [2.05, 4.69) is 5.32 Å². The van der Waals surface area contributed by atoms with Gasteiger partial charge in [0, 0.05) is 26.1 Å². The van der Waals surface area contributed by atoms with Gasteiger partial charge in [-0.05, 0) is 78.3 Å². The number of esters is 1. The summed E-state index contributed by atoms with van der Waals surface area (Å²) < 4.78 is 80.4. The van der Waals surface area contributed by atoms with Crippen molar-refractivity contribution >= 4 is 27.4 Å². The Morgan fingerprint density at radius 2 is 1.86 bits per heavy atom. The van der Waals surface area contributed by atoms with Crippen molar-refractivity contribution in [1.29, 1.82) is 0 Å². The predicted octanol–water partition coefficient (Wildman–Crippen LogP) is 6.11. The van der Waals surface area contributed by atoms with Crippen LogP contribution in [-0.2, 0) is 38.7 Å². The predicted molar refractivity (Wildman–Crippen MR) is 163 cm³/mol. The second kappa shape index (κ2) is 13.1. The summed E-state index contributed by atoms with van der Waals surface area (Å²) in [5, 5.41) is 3.01. The number of alkyl halides is 3. The Morgan fingerprint density at radius 1 is 1.14 bits per heavy atom. The summed E-state index contributed by atoms with van der Waals surface area (Å²) in [4.78, 5) is 12.4. The van der Waals surface area contributed by atoms with Crippen LogP contribution in [0.5, 0.6) is 5.75 Å². The lowest BCUT2D eigenvalue weighted by Gasteiger charge is -2.25. The number of rotatable bonds is 9. The van der Waals surface area contributed by atoms with Gasteiger partial charge in [-0.15, -0.1) is 0 Å². The number of nitrogens with two attached hydrogens (primary N) is 1. The van der Waals surface area contributed by atoms with Crippen molar-refractivity contribution in [1.82, 2.24) is 4.31 Å². The van der Waals surface area contributed by atoms with Crippen LogP contribution in [0.4, 0.5) is 24.5 Å². The highest BCUT2D eigenvalue weighted by Gasteiger charge is 2.37. The number of carbonyl (C=O) groups is 1. The number of nitrogens with zero attached hydrogens (tertiary/aromatic N) is 1. The minimum absolute atomic E-state index is 0.00945. The molecule has 0 spiro atoms. The minimum Gasteiger partial charge on any atom is -0.494 e. The van der Waals surface area contributed by atoms with Gasteiger partial charge in [-0.2, -0.15) is 17.5 Å². The molecule has 0 radical (unpaired) electrons. The van der Waals surface area contributed by atoms with E-state index in [0.717, 1.165) is 23.3 Å². The quantitative estimate of drug-likeness (QED) is 0.216. The fourth-order valence-electron chi connectivity index (χ4n) is 5.69. The number of aryl methyl sites for hydroxylation is 1. The van der Waals surface area contributed by atoms with Crippen LogP contribution >= 0.6 is 0 Å². The van der Waals surface area contributed by atoms with Gasteiger partial charge in [0.15, 0.2) is 0 Å². The normalized spacial score (nSPS) is 17.3. The molecule has 1 aliphatic rings. The summed E-state index contributed by atoms with van der Waals surface area (Å²) in [5.41, 5.74) is 9.58. The number of anilines is 2. The van der Waals surface area contributed by atoms with Crippen LogP contribution < -0.4 is 15.8 Å². The van der Waals surface area contributed by atoms with Crippen molar-refractivity contribution in [2.45, 2.75) is 57.1 Å². The lowest BCUT2D eigenvalue weighted by atomic mass is 9.86. The van der Waals surface area contributed by atoms with E-state index < -0.39 is 33.7 Å². The first-order valence-electron chi connectivity index (χ1n) is 14.3. The smallest absolute Gasteiger partial charge is 0.416 e. The topological polar surface area (TPSA) is 111 Å². The summed E-state index contributed by atoms with van der Waals surface area (Å²) in [7, 11) is -1.03. The average Bonchev–Trinajstić information content (AvgIpc) is 3.04. The maximum Gasteiger partial charge on any atom is 0.416 e. The number of ether oxygens (including phenoxy) is 2. The standard InChI is InChI=1S/C32H38F3N3O5S/c1-6-43-30(39)16-26(23-13-27(36)31(37-4)28(14-23)42-5)21-8-7-20(3)24(12-21)18-38-17-19(2)11-22-9-10-25(32(33,34)35)15-29(22)44(38,40)41/h7-10,12-15,19,26,37H,6,11,16-18,36H2,1-5H3/t19-,26?/m0/s1. The van der Waals surface area contributed by atoms with Crippen LogP contribution in [0.3, 0.4) is 0 Å². The van der Waals surface area contributed by atoms with E-state index in [-0.39, 0.29) is 36.9 Å². The van der Waals surface area contributed by atoms with E-state index in [1.807, 2.05) is 32.0 Å². The third-order valence-electron chi connectivity index (χ3n) is 7.92. The Morgan fingerprint density at radius 3 is 2.50 bits per heavy atom. The summed E-state index contributed by atoms with van der Waals surface area (Å²) in [5.74, 6) is -0.574. The van der Waals surface area contributed by atoms with E-state index in [9.17, 15) is 26.4 Å². The molecule has 44 heavy (non-hydrogen) atoms. The highest BCUT2D eigenvalue weighted by molar-refractivity contribution is 7.89. The van der Waals surface area contributed by atoms with Crippen LogP contribution in [0.25, 0.3) is 0 Å². The van der Waals surface area contributed by atoms with Crippen molar-refractivity contribution in [2.75, 3.05) is 38.4 Å². The number of fused-ring (bicyclic) bond motifs is 1. The molecule has 8 nitrogen and oxygen atoms in total. The van der Waals surface area contributed by atoms with Gasteiger partial charge in [-0.3, -0.25) is 4.79 Å². The van der Waals surface area contributed by atoms with Gasteiger partial charge in [0.2, 0.25) is 10.0 Å². The van der Waals surface area contributed by atoms with Gasteiger partial charge in [0.25, 0.3) is 0 Å². The third kappa shape index (κ3) is 6.96. The second-order valence-electron chi connectivity index (χ2n) is 11.1. The van der Waals surface area contributed by atoms with E-state index in [1.54, 1.807) is 26.1 Å². The maximum absolute atomic E-state index is 13.9. The number of nitrogen functional groups attached to an aromatic ring is 1. The number of hydrogen-bond donors (Lipinski definition) is 2. The maximum atomic E-state index is 13.9. The number of nitrogens with one attached hydrogen (secondary N) is 1. The number of halogens is 3. The molecule has 0 aliphatic carbocycles. The molecule has 0 amide bonds. The van der Waals surface area contributed by atoms with Crippen molar-refractivity contribution in [3.63, 3.8) is 0 Å². The number of sulfonamides is 1. The molecule has 1 heterocycles. The third-order valence-corrected chi connectivity index (χ3v) is 9.82. The molecule has 4 rings (SSSR count). The zero-order chi connectivity index (χ0) is 32.4. The molecule has 2 atom stereocenters. The molecular formula is C32H38F3N3O5S. The molecule has 0 aromatic heterocycles. The molecule has 3 N–H and O–H groups in total. The van der Waals surface area contributed by atoms with Crippen LogP contribution in [0.1, 0.15) is 59.6 Å². The first-order chi connectivity index (χ1) is 20.7. The number of methoxy groups -OCH3 is 1. The molecule has 3 aromatic carbocycles. The Hall–Kier alpha value is -3.77. The molecule has 3 aromatic rings. The van der Waals surface area contributed by atoms with E-state index >= 15 is 0 Å². The van der Waals surface area contributed by atoms with Gasteiger partial charge in [-0.1, -0.05) is 31.2 Å². The van der Waals surface area contributed by atoms with Crippen molar-refractivity contribution in [2.24, 2.45) is 5.92 Å². The van der Waals surface area contributed by atoms with Gasteiger partial charge in [0.05, 0.1) is 42.0 Å². The van der Waals surface area contributed by atoms with Gasteiger partial charge in [0.1, 0.15) is 5.75 Å². The fourth-order valence-corrected chi connectivity index (χ4v) is 7.48. The zero-order valence-electron chi connectivity index (χ0n) is 25.4. The summed E-state index contributed by atoms with van der Waals surface area (Å²) in [6, 6.07) is 12.0. The Labute approximate surface area is 256 Å². The monoisotopic (exact) mass is 633 g/mol. The van der Waals surface area contributed by atoms with E-state index in [1.165, 1.54) is 17.5 Å². The molecule has 0 saturated carbocycles. The molecule has 1 aliphatic heterocycles. The zero-order valence-corrected chi connectivity index (χ0v) is 26.2. The average molecular weight is 634 g/mol. The highest BCUT2D eigenvalue weighted by Crippen LogP contribution is 2.40. The lowest BCUT2D eigenvalue weighted by molar-refractivity contribution is -0.143.